The van der Waals surface area contributed by atoms with Gasteiger partial charge in [0.25, 0.3) is 0 Å². The van der Waals surface area contributed by atoms with Crippen molar-refractivity contribution in [2.45, 2.75) is 0 Å². The second-order valence-electron chi connectivity index (χ2n) is 4.88. The van der Waals surface area contributed by atoms with Crippen molar-refractivity contribution < 1.29 is 23.7 Å². The van der Waals surface area contributed by atoms with Gasteiger partial charge in [-0.1, -0.05) is 6.08 Å². The summed E-state index contributed by atoms with van der Waals surface area (Å²) in [5, 5.41) is 0. The fourth-order valence-electron chi connectivity index (χ4n) is 2.22. The van der Waals surface area contributed by atoms with E-state index in [0.29, 0.717) is 28.6 Å². The highest BCUT2D eigenvalue weighted by molar-refractivity contribution is 6.06. The van der Waals surface area contributed by atoms with Gasteiger partial charge in [-0.15, -0.1) is 0 Å². The van der Waals surface area contributed by atoms with Crippen LogP contribution in [0.3, 0.4) is 0 Å². The summed E-state index contributed by atoms with van der Waals surface area (Å²) in [6.45, 7) is 0. The molecule has 0 bridgehead atoms. The Morgan fingerprint density at radius 1 is 0.833 bits per heavy atom. The zero-order chi connectivity index (χ0) is 17.5. The Bertz CT molecular complexity index is 707. The van der Waals surface area contributed by atoms with Crippen LogP contribution in [0.25, 0.3) is 6.08 Å². The highest BCUT2D eigenvalue weighted by Gasteiger charge is 2.12. The zero-order valence-electron chi connectivity index (χ0n) is 14.2. The van der Waals surface area contributed by atoms with Crippen molar-refractivity contribution in [2.24, 2.45) is 0 Å². The molecule has 5 nitrogen and oxygen atoms in total. The van der Waals surface area contributed by atoms with Crippen molar-refractivity contribution in [3.8, 4) is 23.0 Å². The molecule has 0 spiro atoms. The average molecular weight is 328 g/mol. The lowest BCUT2D eigenvalue weighted by Gasteiger charge is -2.12. The first-order valence-electron chi connectivity index (χ1n) is 7.29. The number of carbonyl (C=O) groups is 1. The topological polar surface area (TPSA) is 54.0 Å². The summed E-state index contributed by atoms with van der Waals surface area (Å²) in [6, 6.07) is 10.5. The lowest BCUT2D eigenvalue weighted by atomic mass is 10.1. The number of rotatable bonds is 7. The van der Waals surface area contributed by atoms with Crippen molar-refractivity contribution in [1.29, 1.82) is 0 Å². The van der Waals surface area contributed by atoms with Crippen LogP contribution in [-0.4, -0.2) is 34.2 Å². The minimum atomic E-state index is -0.105. The van der Waals surface area contributed by atoms with Gasteiger partial charge in [0.05, 0.1) is 28.4 Å². The zero-order valence-corrected chi connectivity index (χ0v) is 14.2. The minimum Gasteiger partial charge on any atom is -0.497 e. The van der Waals surface area contributed by atoms with Gasteiger partial charge in [0.15, 0.2) is 17.3 Å². The number of allylic oxidation sites excluding steroid dienone is 1. The predicted octanol–water partition coefficient (Wildman–Crippen LogP) is 3.62. The van der Waals surface area contributed by atoms with Crippen LogP contribution in [0.15, 0.2) is 42.5 Å². The summed E-state index contributed by atoms with van der Waals surface area (Å²) >= 11 is 0. The van der Waals surface area contributed by atoms with E-state index < -0.39 is 0 Å². The Kier molecular flexibility index (Phi) is 5.84. The van der Waals surface area contributed by atoms with Crippen LogP contribution in [0.4, 0.5) is 0 Å². The molecule has 0 fully saturated rings. The van der Waals surface area contributed by atoms with E-state index in [1.807, 2.05) is 0 Å². The van der Waals surface area contributed by atoms with E-state index in [4.69, 9.17) is 18.9 Å². The maximum absolute atomic E-state index is 12.2. The maximum Gasteiger partial charge on any atom is 0.203 e. The molecule has 0 amide bonds. The highest BCUT2D eigenvalue weighted by Crippen LogP contribution is 2.38. The van der Waals surface area contributed by atoms with E-state index in [0.717, 1.165) is 5.56 Å². The Balaban J connectivity index is 2.25. The third kappa shape index (κ3) is 3.87. The van der Waals surface area contributed by atoms with Gasteiger partial charge in [-0.05, 0) is 48.0 Å². The number of carbonyl (C=O) groups excluding carboxylic acids is 1. The fourth-order valence-corrected chi connectivity index (χ4v) is 2.22. The lowest BCUT2D eigenvalue weighted by Crippen LogP contribution is -1.96. The van der Waals surface area contributed by atoms with E-state index in [-0.39, 0.29) is 5.78 Å². The van der Waals surface area contributed by atoms with Gasteiger partial charge in [0.2, 0.25) is 5.75 Å². The van der Waals surface area contributed by atoms with Crippen molar-refractivity contribution in [3.05, 3.63) is 53.6 Å². The molecule has 0 aliphatic carbocycles. The van der Waals surface area contributed by atoms with Gasteiger partial charge in [-0.2, -0.15) is 0 Å². The quantitative estimate of drug-likeness (QED) is 0.574. The number of hydrogen-bond donors (Lipinski definition) is 0. The normalized spacial score (nSPS) is 10.5. The molecule has 5 heteroatoms. The summed E-state index contributed by atoms with van der Waals surface area (Å²) < 4.78 is 21.0. The number of methoxy groups -OCH3 is 4. The van der Waals surface area contributed by atoms with Crippen molar-refractivity contribution in [2.75, 3.05) is 28.4 Å². The molecule has 0 unspecified atom stereocenters. The molecule has 0 saturated heterocycles. The third-order valence-electron chi connectivity index (χ3n) is 3.49. The van der Waals surface area contributed by atoms with E-state index in [1.54, 1.807) is 70.9 Å². The first-order chi connectivity index (χ1) is 11.6. The maximum atomic E-state index is 12.2. The van der Waals surface area contributed by atoms with Crippen LogP contribution in [0.5, 0.6) is 23.0 Å². The standard InChI is InChI=1S/C19H20O5/c1-21-15-8-6-14(7-9-15)16(20)10-5-13-11-17(22-2)19(24-4)18(12-13)23-3/h5-12H,1-4H3. The SMILES string of the molecule is COc1ccc(C(=O)C=Cc2cc(OC)c(OC)c(OC)c2)cc1. The van der Waals surface area contributed by atoms with Gasteiger partial charge in [0.1, 0.15) is 5.75 Å². The Morgan fingerprint density at radius 3 is 1.88 bits per heavy atom. The molecular weight excluding hydrogens is 308 g/mol. The molecule has 0 aromatic heterocycles. The molecule has 126 valence electrons. The second kappa shape index (κ2) is 8.06. The fraction of sp³-hybridized carbons (Fsp3) is 0.211. The van der Waals surface area contributed by atoms with Crippen molar-refractivity contribution in [1.82, 2.24) is 0 Å². The van der Waals surface area contributed by atoms with Crippen LogP contribution in [0.1, 0.15) is 15.9 Å². The minimum absolute atomic E-state index is 0.105. The van der Waals surface area contributed by atoms with Crippen LogP contribution in [0.2, 0.25) is 0 Å². The summed E-state index contributed by atoms with van der Waals surface area (Å²) in [5.41, 5.74) is 1.35. The summed E-state index contributed by atoms with van der Waals surface area (Å²) in [5.74, 6) is 2.19. The Hall–Kier alpha value is -2.95. The molecule has 2 aromatic carbocycles. The number of hydrogen-bond acceptors (Lipinski definition) is 5. The molecule has 2 rings (SSSR count). The molecule has 0 aliphatic rings. The van der Waals surface area contributed by atoms with E-state index in [9.17, 15) is 4.79 Å². The highest BCUT2D eigenvalue weighted by atomic mass is 16.5. The van der Waals surface area contributed by atoms with Gasteiger partial charge >= 0.3 is 0 Å². The number of benzene rings is 2. The molecule has 0 atom stereocenters. The molecule has 24 heavy (non-hydrogen) atoms. The van der Waals surface area contributed by atoms with Crippen molar-refractivity contribution >= 4 is 11.9 Å². The molecule has 0 radical (unpaired) electrons. The van der Waals surface area contributed by atoms with Crippen molar-refractivity contribution in [3.63, 3.8) is 0 Å². The molecular formula is C19H20O5. The number of ether oxygens (including phenoxy) is 4. The predicted molar refractivity (Wildman–Crippen MR) is 92.5 cm³/mol. The molecule has 0 saturated carbocycles. The van der Waals surface area contributed by atoms with Crippen LogP contribution < -0.4 is 18.9 Å². The van der Waals surface area contributed by atoms with Gasteiger partial charge in [-0.25, -0.2) is 0 Å². The lowest BCUT2D eigenvalue weighted by molar-refractivity contribution is 0.104. The van der Waals surface area contributed by atoms with Crippen LogP contribution >= 0.6 is 0 Å². The first-order valence-corrected chi connectivity index (χ1v) is 7.29. The molecule has 0 aliphatic heterocycles. The number of ketones is 1. The first kappa shape index (κ1) is 17.4. The van der Waals surface area contributed by atoms with E-state index >= 15 is 0 Å². The average Bonchev–Trinajstić information content (AvgIpc) is 2.65. The largest absolute Gasteiger partial charge is 0.497 e. The smallest absolute Gasteiger partial charge is 0.203 e. The van der Waals surface area contributed by atoms with E-state index in [1.165, 1.54) is 6.08 Å². The Labute approximate surface area is 141 Å². The second-order valence-corrected chi connectivity index (χ2v) is 4.88. The molecule has 0 heterocycles. The molecule has 2 aromatic rings. The third-order valence-corrected chi connectivity index (χ3v) is 3.49. The van der Waals surface area contributed by atoms with Crippen LogP contribution in [0, 0.1) is 0 Å². The van der Waals surface area contributed by atoms with Gasteiger partial charge in [-0.3, -0.25) is 4.79 Å². The summed E-state index contributed by atoms with van der Waals surface area (Å²) in [7, 11) is 6.23. The van der Waals surface area contributed by atoms with Crippen LogP contribution in [-0.2, 0) is 0 Å². The van der Waals surface area contributed by atoms with Gasteiger partial charge < -0.3 is 18.9 Å². The summed E-state index contributed by atoms with van der Waals surface area (Å²) in [6.07, 6.45) is 3.21. The van der Waals surface area contributed by atoms with Gasteiger partial charge in [0, 0.05) is 5.56 Å². The summed E-state index contributed by atoms with van der Waals surface area (Å²) in [4.78, 5) is 12.2. The monoisotopic (exact) mass is 328 g/mol. The van der Waals surface area contributed by atoms with E-state index in [2.05, 4.69) is 0 Å². The Morgan fingerprint density at radius 2 is 1.42 bits per heavy atom. The molecule has 0 N–H and O–H groups in total.